The van der Waals surface area contributed by atoms with E-state index in [1.807, 2.05) is 6.07 Å². The SMILES string of the molecule is O=C(CCCN1C(=O)/C(=C/c2ccc3c(c2)OCO3)SC1=S)Nc1ccc(O)c(C(=O)O)c1. The summed E-state index contributed by atoms with van der Waals surface area (Å²) in [5.41, 5.74) is 0.737. The van der Waals surface area contributed by atoms with E-state index in [-0.39, 0.29) is 48.6 Å². The lowest BCUT2D eigenvalue weighted by molar-refractivity contribution is -0.122. The number of nitrogens with zero attached hydrogens (tertiary/aromatic N) is 1. The Morgan fingerprint density at radius 3 is 2.76 bits per heavy atom. The van der Waals surface area contributed by atoms with Crippen molar-refractivity contribution in [2.45, 2.75) is 12.8 Å². The molecular formula is C22H18N2O7S2. The average molecular weight is 487 g/mol. The molecule has 2 aliphatic rings. The molecule has 0 spiro atoms. The van der Waals surface area contributed by atoms with E-state index < -0.39 is 5.97 Å². The van der Waals surface area contributed by atoms with Gasteiger partial charge in [-0.2, -0.15) is 0 Å². The Morgan fingerprint density at radius 1 is 1.18 bits per heavy atom. The molecular weight excluding hydrogens is 468 g/mol. The highest BCUT2D eigenvalue weighted by Gasteiger charge is 2.31. The van der Waals surface area contributed by atoms with Gasteiger partial charge in [0, 0.05) is 18.7 Å². The summed E-state index contributed by atoms with van der Waals surface area (Å²) in [7, 11) is 0. The third kappa shape index (κ3) is 5.10. The number of anilines is 1. The maximum absolute atomic E-state index is 12.8. The number of rotatable bonds is 7. The number of thioether (sulfide) groups is 1. The first-order valence-corrected chi connectivity index (χ1v) is 11.1. The lowest BCUT2D eigenvalue weighted by Gasteiger charge is -2.14. The number of carboxylic acid groups (broad SMARTS) is 1. The second-order valence-corrected chi connectivity index (χ2v) is 8.81. The van der Waals surface area contributed by atoms with E-state index in [2.05, 4.69) is 5.32 Å². The van der Waals surface area contributed by atoms with Gasteiger partial charge in [-0.05, 0) is 48.4 Å². The molecule has 0 aromatic heterocycles. The zero-order chi connectivity index (χ0) is 23.5. The number of amides is 2. The number of ether oxygens (including phenoxy) is 2. The van der Waals surface area contributed by atoms with Crippen molar-refractivity contribution in [1.82, 2.24) is 4.90 Å². The number of phenols is 1. The van der Waals surface area contributed by atoms with Crippen molar-refractivity contribution in [2.24, 2.45) is 0 Å². The monoisotopic (exact) mass is 486 g/mol. The highest BCUT2D eigenvalue weighted by Crippen LogP contribution is 2.36. The summed E-state index contributed by atoms with van der Waals surface area (Å²) in [6.45, 7) is 0.439. The predicted molar refractivity (Wildman–Crippen MR) is 125 cm³/mol. The third-order valence-corrected chi connectivity index (χ3v) is 6.24. The first-order chi connectivity index (χ1) is 15.8. The number of carbonyl (C=O) groups excluding carboxylic acids is 2. The molecule has 2 amide bonds. The van der Waals surface area contributed by atoms with Crippen LogP contribution < -0.4 is 14.8 Å². The van der Waals surface area contributed by atoms with Crippen LogP contribution in [0.3, 0.4) is 0 Å². The molecule has 1 fully saturated rings. The Labute approximate surface area is 198 Å². The molecule has 0 unspecified atom stereocenters. The zero-order valence-corrected chi connectivity index (χ0v) is 18.7. The van der Waals surface area contributed by atoms with Crippen LogP contribution in [0, 0.1) is 0 Å². The first kappa shape index (κ1) is 22.6. The van der Waals surface area contributed by atoms with E-state index in [0.717, 1.165) is 5.56 Å². The fourth-order valence-corrected chi connectivity index (χ4v) is 4.56. The van der Waals surface area contributed by atoms with Crippen molar-refractivity contribution < 1.29 is 34.1 Å². The van der Waals surface area contributed by atoms with Crippen molar-refractivity contribution in [3.8, 4) is 17.2 Å². The van der Waals surface area contributed by atoms with Gasteiger partial charge in [0.25, 0.3) is 5.91 Å². The van der Waals surface area contributed by atoms with Crippen LogP contribution in [-0.4, -0.2) is 50.6 Å². The number of hydrogen-bond acceptors (Lipinski definition) is 8. The number of carboxylic acids is 1. The van der Waals surface area contributed by atoms with Gasteiger partial charge in [-0.15, -0.1) is 0 Å². The fourth-order valence-electron chi connectivity index (χ4n) is 3.25. The Hall–Kier alpha value is -3.57. The largest absolute Gasteiger partial charge is 0.507 e. The van der Waals surface area contributed by atoms with Crippen LogP contribution in [0.1, 0.15) is 28.8 Å². The molecule has 0 atom stereocenters. The maximum atomic E-state index is 12.8. The molecule has 170 valence electrons. The molecule has 1 saturated heterocycles. The standard InChI is InChI=1S/C22H18N2O7S2/c25-15-5-4-13(10-14(15)21(28)29)23-19(26)2-1-7-24-20(27)18(33-22(24)32)9-12-3-6-16-17(8-12)31-11-30-16/h3-6,8-10,25H,1-2,7,11H2,(H,23,26)(H,28,29)/b18-9-. The van der Waals surface area contributed by atoms with E-state index in [4.69, 9.17) is 26.8 Å². The van der Waals surface area contributed by atoms with E-state index in [1.165, 1.54) is 34.9 Å². The van der Waals surface area contributed by atoms with Gasteiger partial charge in [0.15, 0.2) is 11.5 Å². The topological polar surface area (TPSA) is 125 Å². The molecule has 0 aliphatic carbocycles. The number of nitrogens with one attached hydrogen (secondary N) is 1. The van der Waals surface area contributed by atoms with E-state index >= 15 is 0 Å². The van der Waals surface area contributed by atoms with Gasteiger partial charge in [-0.3, -0.25) is 14.5 Å². The lowest BCUT2D eigenvalue weighted by Crippen LogP contribution is -2.29. The van der Waals surface area contributed by atoms with Gasteiger partial charge in [0.2, 0.25) is 12.7 Å². The zero-order valence-electron chi connectivity index (χ0n) is 17.1. The Morgan fingerprint density at radius 2 is 1.97 bits per heavy atom. The molecule has 2 heterocycles. The van der Waals surface area contributed by atoms with Crippen molar-refractivity contribution >= 4 is 57.8 Å². The van der Waals surface area contributed by atoms with E-state index in [0.29, 0.717) is 27.1 Å². The average Bonchev–Trinajstić information content (AvgIpc) is 3.34. The molecule has 0 saturated carbocycles. The quantitative estimate of drug-likeness (QED) is 0.307. The molecule has 33 heavy (non-hydrogen) atoms. The fraction of sp³-hybridized carbons (Fsp3) is 0.182. The highest BCUT2D eigenvalue weighted by atomic mass is 32.2. The maximum Gasteiger partial charge on any atom is 0.339 e. The minimum Gasteiger partial charge on any atom is -0.507 e. The molecule has 0 bridgehead atoms. The second kappa shape index (κ2) is 9.51. The van der Waals surface area contributed by atoms with Gasteiger partial charge >= 0.3 is 5.97 Å². The summed E-state index contributed by atoms with van der Waals surface area (Å²) in [4.78, 5) is 38.0. The third-order valence-electron chi connectivity index (χ3n) is 4.86. The number of aromatic carboxylic acids is 1. The number of benzene rings is 2. The Bertz CT molecular complexity index is 1200. The lowest BCUT2D eigenvalue weighted by atomic mass is 10.1. The van der Waals surface area contributed by atoms with Gasteiger partial charge in [-0.25, -0.2) is 4.79 Å². The molecule has 2 aromatic carbocycles. The van der Waals surface area contributed by atoms with Crippen LogP contribution in [0.5, 0.6) is 17.2 Å². The first-order valence-electron chi connectivity index (χ1n) is 9.83. The van der Waals surface area contributed by atoms with Gasteiger partial charge in [0.05, 0.1) is 4.91 Å². The van der Waals surface area contributed by atoms with Crippen LogP contribution in [0.4, 0.5) is 5.69 Å². The summed E-state index contributed by atoms with van der Waals surface area (Å²) in [5.74, 6) is -0.986. The van der Waals surface area contributed by atoms with Gasteiger partial charge < -0.3 is 25.0 Å². The summed E-state index contributed by atoms with van der Waals surface area (Å²) in [6.07, 6.45) is 2.19. The smallest absolute Gasteiger partial charge is 0.339 e. The van der Waals surface area contributed by atoms with Crippen molar-refractivity contribution in [1.29, 1.82) is 0 Å². The van der Waals surface area contributed by atoms with Gasteiger partial charge in [-0.1, -0.05) is 30.0 Å². The van der Waals surface area contributed by atoms with Crippen molar-refractivity contribution in [3.63, 3.8) is 0 Å². The molecule has 3 N–H and O–H groups in total. The van der Waals surface area contributed by atoms with Crippen LogP contribution in [0.2, 0.25) is 0 Å². The van der Waals surface area contributed by atoms with Crippen molar-refractivity contribution in [2.75, 3.05) is 18.7 Å². The molecule has 4 rings (SSSR count). The van der Waals surface area contributed by atoms with Crippen LogP contribution in [0.25, 0.3) is 6.08 Å². The van der Waals surface area contributed by atoms with Gasteiger partial charge in [0.1, 0.15) is 15.6 Å². The second-order valence-electron chi connectivity index (χ2n) is 7.13. The minimum atomic E-state index is -1.30. The number of hydrogen-bond donors (Lipinski definition) is 3. The minimum absolute atomic E-state index is 0.0988. The predicted octanol–water partition coefficient (Wildman–Crippen LogP) is 3.44. The summed E-state index contributed by atoms with van der Waals surface area (Å²) >= 11 is 6.52. The molecule has 9 nitrogen and oxygen atoms in total. The summed E-state index contributed by atoms with van der Waals surface area (Å²) in [6, 6.07) is 9.18. The molecule has 2 aromatic rings. The van der Waals surface area contributed by atoms with Crippen LogP contribution >= 0.6 is 24.0 Å². The van der Waals surface area contributed by atoms with Crippen LogP contribution in [-0.2, 0) is 9.59 Å². The molecule has 11 heteroatoms. The number of carbonyl (C=O) groups is 3. The Balaban J connectivity index is 1.32. The molecule has 2 aliphatic heterocycles. The van der Waals surface area contributed by atoms with Crippen LogP contribution in [0.15, 0.2) is 41.3 Å². The normalized spacial score (nSPS) is 15.9. The van der Waals surface area contributed by atoms with Crippen molar-refractivity contribution in [3.05, 3.63) is 52.4 Å². The number of aromatic hydroxyl groups is 1. The summed E-state index contributed by atoms with van der Waals surface area (Å²) in [5, 5.41) is 21.2. The number of fused-ring (bicyclic) bond motifs is 1. The highest BCUT2D eigenvalue weighted by molar-refractivity contribution is 8.26. The number of thiocarbonyl (C=S) groups is 1. The molecule has 0 radical (unpaired) electrons. The Kier molecular flexibility index (Phi) is 6.52. The summed E-state index contributed by atoms with van der Waals surface area (Å²) < 4.78 is 11.1. The van der Waals surface area contributed by atoms with E-state index in [9.17, 15) is 19.5 Å². The van der Waals surface area contributed by atoms with E-state index in [1.54, 1.807) is 18.2 Å².